The van der Waals surface area contributed by atoms with Gasteiger partial charge in [-0.1, -0.05) is 40.2 Å². The minimum atomic E-state index is -0.617. The summed E-state index contributed by atoms with van der Waals surface area (Å²) in [5, 5.41) is 10.7. The number of ether oxygens (including phenoxy) is 1. The molecule has 6 heteroatoms. The molecule has 0 fully saturated rings. The first kappa shape index (κ1) is 15.2. The van der Waals surface area contributed by atoms with Gasteiger partial charge in [0.05, 0.1) is 12.0 Å². The third kappa shape index (κ3) is 3.46. The van der Waals surface area contributed by atoms with E-state index in [9.17, 15) is 14.9 Å². The van der Waals surface area contributed by atoms with E-state index in [2.05, 4.69) is 15.9 Å². The van der Waals surface area contributed by atoms with Crippen LogP contribution < -0.4 is 0 Å². The lowest BCUT2D eigenvalue weighted by atomic mass is 9.91. The molecule has 0 saturated carbocycles. The molecular weight excluding hydrogens is 338 g/mol. The number of carbonyl (C=O) groups excluding carboxylic acids is 1. The molecule has 0 aromatic heterocycles. The molecule has 1 atom stereocenters. The first-order chi connectivity index (χ1) is 10.0. The number of non-ortho nitro benzene ring substituents is 1. The molecular formula is C15H12BrNO4. The van der Waals surface area contributed by atoms with E-state index >= 15 is 0 Å². The van der Waals surface area contributed by atoms with Crippen LogP contribution in [0.5, 0.6) is 0 Å². The van der Waals surface area contributed by atoms with Crippen molar-refractivity contribution in [3.05, 3.63) is 74.2 Å². The number of nitro groups is 1. The third-order valence-corrected chi connectivity index (χ3v) is 3.55. The topological polar surface area (TPSA) is 69.4 Å². The van der Waals surface area contributed by atoms with Gasteiger partial charge < -0.3 is 4.74 Å². The molecule has 0 bridgehead atoms. The molecule has 0 aliphatic carbocycles. The predicted molar refractivity (Wildman–Crippen MR) is 81.1 cm³/mol. The zero-order chi connectivity index (χ0) is 15.4. The summed E-state index contributed by atoms with van der Waals surface area (Å²) in [4.78, 5) is 22.3. The lowest BCUT2D eigenvalue weighted by Crippen LogP contribution is -2.15. The molecule has 0 N–H and O–H groups in total. The number of carbonyl (C=O) groups is 1. The molecule has 0 spiro atoms. The van der Waals surface area contributed by atoms with Gasteiger partial charge >= 0.3 is 5.97 Å². The van der Waals surface area contributed by atoms with Crippen LogP contribution in [0.2, 0.25) is 0 Å². The minimum absolute atomic E-state index is 0.0170. The smallest absolute Gasteiger partial charge is 0.317 e. The second kappa shape index (κ2) is 6.49. The van der Waals surface area contributed by atoms with Gasteiger partial charge in [-0.2, -0.15) is 0 Å². The summed E-state index contributed by atoms with van der Waals surface area (Å²) in [5.41, 5.74) is 1.38. The van der Waals surface area contributed by atoms with Crippen molar-refractivity contribution in [2.75, 3.05) is 7.11 Å². The van der Waals surface area contributed by atoms with Crippen LogP contribution >= 0.6 is 15.9 Å². The predicted octanol–water partition coefficient (Wildman–Crippen LogP) is 3.66. The highest BCUT2D eigenvalue weighted by Crippen LogP contribution is 2.29. The van der Waals surface area contributed by atoms with Crippen molar-refractivity contribution in [2.24, 2.45) is 0 Å². The number of benzene rings is 2. The van der Waals surface area contributed by atoms with Gasteiger partial charge in [0.25, 0.3) is 5.69 Å². The molecule has 5 nitrogen and oxygen atoms in total. The monoisotopic (exact) mass is 349 g/mol. The summed E-state index contributed by atoms with van der Waals surface area (Å²) in [7, 11) is 1.32. The van der Waals surface area contributed by atoms with E-state index in [1.165, 1.54) is 19.2 Å². The van der Waals surface area contributed by atoms with Crippen LogP contribution in [-0.2, 0) is 9.53 Å². The van der Waals surface area contributed by atoms with Crippen molar-refractivity contribution in [2.45, 2.75) is 5.92 Å². The van der Waals surface area contributed by atoms with Crippen LogP contribution in [0.25, 0.3) is 0 Å². The van der Waals surface area contributed by atoms with Crippen molar-refractivity contribution in [3.63, 3.8) is 0 Å². The first-order valence-corrected chi connectivity index (χ1v) is 6.90. The normalized spacial score (nSPS) is 11.7. The molecule has 0 radical (unpaired) electrons. The molecule has 108 valence electrons. The highest BCUT2D eigenvalue weighted by atomic mass is 79.9. The summed E-state index contributed by atoms with van der Waals surface area (Å²) in [6, 6.07) is 13.2. The van der Waals surface area contributed by atoms with Gasteiger partial charge in [-0.25, -0.2) is 0 Å². The Morgan fingerprint density at radius 1 is 1.19 bits per heavy atom. The minimum Gasteiger partial charge on any atom is -0.468 e. The summed E-state index contributed by atoms with van der Waals surface area (Å²) in [6.07, 6.45) is 0. The fourth-order valence-electron chi connectivity index (χ4n) is 2.06. The van der Waals surface area contributed by atoms with E-state index in [-0.39, 0.29) is 5.69 Å². The number of esters is 1. The molecule has 0 heterocycles. The second-order valence-corrected chi connectivity index (χ2v) is 5.28. The number of methoxy groups -OCH3 is 1. The molecule has 21 heavy (non-hydrogen) atoms. The summed E-state index contributed by atoms with van der Waals surface area (Å²) in [5.74, 6) is -1.03. The molecule has 0 aliphatic rings. The Hall–Kier alpha value is -2.21. The molecule has 0 amide bonds. The fraction of sp³-hybridized carbons (Fsp3) is 0.133. The maximum atomic E-state index is 12.1. The lowest BCUT2D eigenvalue weighted by molar-refractivity contribution is -0.384. The second-order valence-electron chi connectivity index (χ2n) is 4.36. The van der Waals surface area contributed by atoms with Gasteiger partial charge in [0.1, 0.15) is 5.92 Å². The van der Waals surface area contributed by atoms with E-state index in [0.29, 0.717) is 5.56 Å². The average Bonchev–Trinajstić information content (AvgIpc) is 2.48. The van der Waals surface area contributed by atoms with E-state index in [1.54, 1.807) is 12.1 Å². The zero-order valence-electron chi connectivity index (χ0n) is 11.2. The molecule has 2 rings (SSSR count). The molecule has 2 aromatic rings. The molecule has 2 aromatic carbocycles. The van der Waals surface area contributed by atoms with Crippen LogP contribution in [0.3, 0.4) is 0 Å². The number of nitrogens with zero attached hydrogens (tertiary/aromatic N) is 1. The van der Waals surface area contributed by atoms with E-state index in [4.69, 9.17) is 4.74 Å². The van der Waals surface area contributed by atoms with Gasteiger partial charge in [-0.15, -0.1) is 0 Å². The fourth-order valence-corrected chi connectivity index (χ4v) is 2.47. The number of nitro benzene ring substituents is 1. The van der Waals surface area contributed by atoms with Crippen LogP contribution in [0.4, 0.5) is 5.69 Å². The zero-order valence-corrected chi connectivity index (χ0v) is 12.7. The van der Waals surface area contributed by atoms with E-state index in [1.807, 2.05) is 24.3 Å². The molecule has 0 saturated heterocycles. The molecule has 0 unspecified atom stereocenters. The van der Waals surface area contributed by atoms with Crippen LogP contribution in [0, 0.1) is 10.1 Å². The molecule has 0 aliphatic heterocycles. The largest absolute Gasteiger partial charge is 0.468 e. The van der Waals surface area contributed by atoms with Crippen molar-refractivity contribution in [3.8, 4) is 0 Å². The maximum Gasteiger partial charge on any atom is 0.317 e. The lowest BCUT2D eigenvalue weighted by Gasteiger charge is -2.15. The van der Waals surface area contributed by atoms with Crippen LogP contribution in [-0.4, -0.2) is 18.0 Å². The Kier molecular flexibility index (Phi) is 4.70. The van der Waals surface area contributed by atoms with Crippen molar-refractivity contribution in [1.82, 2.24) is 0 Å². The Morgan fingerprint density at radius 3 is 2.38 bits per heavy atom. The Morgan fingerprint density at radius 2 is 1.86 bits per heavy atom. The Bertz CT molecular complexity index is 670. The quantitative estimate of drug-likeness (QED) is 0.479. The average molecular weight is 350 g/mol. The van der Waals surface area contributed by atoms with Crippen LogP contribution in [0.1, 0.15) is 17.0 Å². The number of rotatable bonds is 4. The van der Waals surface area contributed by atoms with Gasteiger partial charge in [-0.05, 0) is 23.3 Å². The van der Waals surface area contributed by atoms with Crippen molar-refractivity contribution >= 4 is 27.6 Å². The summed E-state index contributed by atoms with van der Waals surface area (Å²) < 4.78 is 5.69. The highest BCUT2D eigenvalue weighted by Gasteiger charge is 2.24. The van der Waals surface area contributed by atoms with Crippen LogP contribution in [0.15, 0.2) is 53.0 Å². The Balaban J connectivity index is 2.45. The number of hydrogen-bond donors (Lipinski definition) is 0. The Labute approximate surface area is 129 Å². The van der Waals surface area contributed by atoms with E-state index < -0.39 is 16.8 Å². The van der Waals surface area contributed by atoms with Gasteiger partial charge in [0.2, 0.25) is 0 Å². The van der Waals surface area contributed by atoms with E-state index in [0.717, 1.165) is 10.0 Å². The van der Waals surface area contributed by atoms with Gasteiger partial charge in [0.15, 0.2) is 0 Å². The maximum absolute atomic E-state index is 12.1. The SMILES string of the molecule is COC(=O)[C@H](c1ccc([N+](=O)[O-])cc1)c1cccc(Br)c1. The third-order valence-electron chi connectivity index (χ3n) is 3.06. The first-order valence-electron chi connectivity index (χ1n) is 6.10. The van der Waals surface area contributed by atoms with Gasteiger partial charge in [0, 0.05) is 16.6 Å². The standard InChI is InChI=1S/C15H12BrNO4/c1-21-15(18)14(11-3-2-4-12(16)9-11)10-5-7-13(8-6-10)17(19)20/h2-9,14H,1H3/t14-/m1/s1. The number of hydrogen-bond acceptors (Lipinski definition) is 4. The van der Waals surface area contributed by atoms with Gasteiger partial charge in [-0.3, -0.25) is 14.9 Å². The van der Waals surface area contributed by atoms with Crippen molar-refractivity contribution < 1.29 is 14.5 Å². The van der Waals surface area contributed by atoms with Crippen molar-refractivity contribution in [1.29, 1.82) is 0 Å². The summed E-state index contributed by atoms with van der Waals surface area (Å²) >= 11 is 3.36. The highest BCUT2D eigenvalue weighted by molar-refractivity contribution is 9.10. The summed E-state index contributed by atoms with van der Waals surface area (Å²) in [6.45, 7) is 0. The number of halogens is 1.